The first-order valence-corrected chi connectivity index (χ1v) is 11.8. The van der Waals surface area contributed by atoms with Gasteiger partial charge in [-0.2, -0.15) is 5.10 Å². The molecule has 2 N–H and O–H groups in total. The van der Waals surface area contributed by atoms with Gasteiger partial charge in [0.2, 0.25) is 5.91 Å². The highest BCUT2D eigenvalue weighted by atomic mass is 16.4. The summed E-state index contributed by atoms with van der Waals surface area (Å²) in [7, 11) is 0. The molecule has 8 nitrogen and oxygen atoms in total. The fourth-order valence-corrected chi connectivity index (χ4v) is 4.42. The van der Waals surface area contributed by atoms with E-state index in [0.29, 0.717) is 11.6 Å². The molecule has 34 heavy (non-hydrogen) atoms. The Kier molecular flexibility index (Phi) is 6.95. The monoisotopic (exact) mass is 461 g/mol. The molecule has 1 fully saturated rings. The largest absolute Gasteiger partial charge is 0.477 e. The van der Waals surface area contributed by atoms with Gasteiger partial charge in [0.25, 0.3) is 0 Å². The Morgan fingerprint density at radius 3 is 2.41 bits per heavy atom. The van der Waals surface area contributed by atoms with Crippen LogP contribution in [0.2, 0.25) is 0 Å². The summed E-state index contributed by atoms with van der Waals surface area (Å²) in [4.78, 5) is 27.1. The van der Waals surface area contributed by atoms with Gasteiger partial charge in [0.05, 0.1) is 11.4 Å². The van der Waals surface area contributed by atoms with Crippen LogP contribution in [-0.2, 0) is 4.79 Å². The van der Waals surface area contributed by atoms with Gasteiger partial charge >= 0.3 is 5.97 Å². The van der Waals surface area contributed by atoms with Gasteiger partial charge in [-0.3, -0.25) is 14.8 Å². The SMILES string of the molecule is CC(C)N(c1nn(-c2ccc(C=Cc3cc[nH]n3)cc2)cc1C(=O)O)C(=O)[C@H]1CC[C@H](C)CC1. The topological polar surface area (TPSA) is 104 Å². The fourth-order valence-electron chi connectivity index (χ4n) is 4.42. The van der Waals surface area contributed by atoms with Crippen LogP contribution in [0.1, 0.15) is 68.1 Å². The van der Waals surface area contributed by atoms with Crippen molar-refractivity contribution in [1.82, 2.24) is 20.0 Å². The number of carbonyl (C=O) groups is 2. The quantitative estimate of drug-likeness (QED) is 0.513. The standard InChI is InChI=1S/C26H31N5O3/c1-17(2)31(25(32)20-9-4-18(3)5-10-20)24-23(26(33)34)16-30(29-24)22-12-7-19(8-13-22)6-11-21-14-15-27-28-21/h6-8,11-18,20H,4-5,9-10H2,1-3H3,(H,27,28)(H,33,34)/t18-,20-. The number of carboxylic acid groups (broad SMARTS) is 1. The minimum Gasteiger partial charge on any atom is -0.477 e. The average molecular weight is 462 g/mol. The summed E-state index contributed by atoms with van der Waals surface area (Å²) in [5.41, 5.74) is 2.54. The van der Waals surface area contributed by atoms with Crippen LogP contribution in [0, 0.1) is 11.8 Å². The second kappa shape index (κ2) is 10.1. The maximum absolute atomic E-state index is 13.5. The smallest absolute Gasteiger partial charge is 0.341 e. The molecule has 178 valence electrons. The van der Waals surface area contributed by atoms with E-state index in [9.17, 15) is 14.7 Å². The number of anilines is 1. The first kappa shape index (κ1) is 23.5. The van der Waals surface area contributed by atoms with Crippen molar-refractivity contribution in [2.75, 3.05) is 4.90 Å². The summed E-state index contributed by atoms with van der Waals surface area (Å²) >= 11 is 0. The molecule has 0 spiro atoms. The molecule has 0 unspecified atom stereocenters. The maximum Gasteiger partial charge on any atom is 0.341 e. The molecule has 0 atom stereocenters. The Labute approximate surface area is 199 Å². The number of aromatic nitrogens is 4. The van der Waals surface area contributed by atoms with Gasteiger partial charge in [-0.05, 0) is 75.3 Å². The third kappa shape index (κ3) is 5.11. The zero-order chi connectivity index (χ0) is 24.2. The molecular formula is C26H31N5O3. The highest BCUT2D eigenvalue weighted by Crippen LogP contribution is 2.32. The summed E-state index contributed by atoms with van der Waals surface area (Å²) in [6.07, 6.45) is 10.8. The van der Waals surface area contributed by atoms with Gasteiger partial charge in [0.15, 0.2) is 5.82 Å². The number of H-pyrrole nitrogens is 1. The molecule has 1 aliphatic rings. The molecule has 8 heteroatoms. The highest BCUT2D eigenvalue weighted by molar-refractivity contribution is 6.01. The lowest BCUT2D eigenvalue weighted by Gasteiger charge is -2.32. The second-order valence-electron chi connectivity index (χ2n) is 9.30. The minimum absolute atomic E-state index is 0.0220. The van der Waals surface area contributed by atoms with Crippen LogP contribution in [0.15, 0.2) is 42.7 Å². The van der Waals surface area contributed by atoms with Crippen LogP contribution >= 0.6 is 0 Å². The summed E-state index contributed by atoms with van der Waals surface area (Å²) in [5, 5.41) is 21.3. The lowest BCUT2D eigenvalue weighted by Crippen LogP contribution is -2.43. The first-order valence-electron chi connectivity index (χ1n) is 11.8. The molecule has 3 aromatic rings. The van der Waals surface area contributed by atoms with E-state index < -0.39 is 5.97 Å². The highest BCUT2D eigenvalue weighted by Gasteiger charge is 2.34. The summed E-state index contributed by atoms with van der Waals surface area (Å²) in [6, 6.07) is 9.26. The van der Waals surface area contributed by atoms with Crippen molar-refractivity contribution in [2.45, 2.75) is 52.5 Å². The zero-order valence-corrected chi connectivity index (χ0v) is 19.8. The number of hydrogen-bond donors (Lipinski definition) is 2. The number of carbonyl (C=O) groups excluding carboxylic acids is 1. The van der Waals surface area contributed by atoms with E-state index in [2.05, 4.69) is 22.2 Å². The number of carboxylic acids is 1. The Morgan fingerprint density at radius 1 is 1.12 bits per heavy atom. The van der Waals surface area contributed by atoms with Crippen molar-refractivity contribution in [3.63, 3.8) is 0 Å². The number of aromatic carboxylic acids is 1. The van der Waals surface area contributed by atoms with Gasteiger partial charge in [-0.15, -0.1) is 5.10 Å². The van der Waals surface area contributed by atoms with Crippen LogP contribution in [0.5, 0.6) is 0 Å². The Bertz CT molecular complexity index is 1150. The molecule has 0 saturated heterocycles. The van der Waals surface area contributed by atoms with E-state index in [-0.39, 0.29) is 29.2 Å². The number of amides is 1. The number of hydrogen-bond acceptors (Lipinski definition) is 4. The first-order chi connectivity index (χ1) is 16.3. The van der Waals surface area contributed by atoms with Crippen LogP contribution < -0.4 is 4.90 Å². The number of benzene rings is 1. The van der Waals surface area contributed by atoms with Crippen LogP contribution in [0.25, 0.3) is 17.8 Å². The number of rotatable bonds is 7. The third-order valence-electron chi connectivity index (χ3n) is 6.40. The molecule has 1 saturated carbocycles. The molecule has 2 heterocycles. The van der Waals surface area contributed by atoms with Crippen molar-refractivity contribution in [3.05, 3.63) is 59.5 Å². The van der Waals surface area contributed by atoms with Crippen molar-refractivity contribution < 1.29 is 14.7 Å². The van der Waals surface area contributed by atoms with Crippen LogP contribution in [0.3, 0.4) is 0 Å². The van der Waals surface area contributed by atoms with Crippen molar-refractivity contribution in [2.24, 2.45) is 11.8 Å². The molecule has 0 radical (unpaired) electrons. The number of nitrogens with one attached hydrogen (secondary N) is 1. The van der Waals surface area contributed by atoms with Gasteiger partial charge < -0.3 is 5.11 Å². The zero-order valence-electron chi connectivity index (χ0n) is 19.8. The summed E-state index contributed by atoms with van der Waals surface area (Å²) < 4.78 is 1.53. The number of aromatic amines is 1. The van der Waals surface area contributed by atoms with Gasteiger partial charge in [0.1, 0.15) is 5.56 Å². The lowest BCUT2D eigenvalue weighted by molar-refractivity contribution is -0.123. The molecule has 1 aliphatic carbocycles. The average Bonchev–Trinajstić information content (AvgIpc) is 3.49. The molecule has 4 rings (SSSR count). The number of nitrogens with zero attached hydrogens (tertiary/aromatic N) is 4. The van der Waals surface area contributed by atoms with Gasteiger partial charge in [-0.25, -0.2) is 9.48 Å². The Balaban J connectivity index is 1.61. The van der Waals surface area contributed by atoms with Gasteiger partial charge in [-0.1, -0.05) is 25.1 Å². The Hall–Kier alpha value is -3.68. The van der Waals surface area contributed by atoms with E-state index in [0.717, 1.165) is 36.9 Å². The van der Waals surface area contributed by atoms with E-state index in [4.69, 9.17) is 0 Å². The summed E-state index contributed by atoms with van der Waals surface area (Å²) in [5.74, 6) is -0.397. The maximum atomic E-state index is 13.5. The second-order valence-corrected chi connectivity index (χ2v) is 9.30. The van der Waals surface area contributed by atoms with E-state index in [1.54, 1.807) is 11.1 Å². The van der Waals surface area contributed by atoms with E-state index in [1.807, 2.05) is 56.3 Å². The molecular weight excluding hydrogens is 430 g/mol. The third-order valence-corrected chi connectivity index (χ3v) is 6.40. The normalized spacial score (nSPS) is 18.5. The predicted octanol–water partition coefficient (Wildman–Crippen LogP) is 5.03. The van der Waals surface area contributed by atoms with Crippen molar-refractivity contribution >= 4 is 29.8 Å². The minimum atomic E-state index is -1.10. The molecule has 2 aromatic heterocycles. The molecule has 0 bridgehead atoms. The molecule has 1 amide bonds. The van der Waals surface area contributed by atoms with Crippen molar-refractivity contribution in [3.8, 4) is 5.69 Å². The van der Waals surface area contributed by atoms with Crippen LogP contribution in [0.4, 0.5) is 5.82 Å². The lowest BCUT2D eigenvalue weighted by atomic mass is 9.82. The molecule has 0 aliphatic heterocycles. The van der Waals surface area contributed by atoms with Gasteiger partial charge in [0, 0.05) is 24.4 Å². The van der Waals surface area contributed by atoms with Crippen LogP contribution in [-0.4, -0.2) is 43.0 Å². The fraction of sp³-hybridized carbons (Fsp3) is 0.385. The van der Waals surface area contributed by atoms with E-state index >= 15 is 0 Å². The summed E-state index contributed by atoms with van der Waals surface area (Å²) in [6.45, 7) is 6.01. The predicted molar refractivity (Wildman–Crippen MR) is 132 cm³/mol. The van der Waals surface area contributed by atoms with E-state index in [1.165, 1.54) is 10.9 Å². The Morgan fingerprint density at radius 2 is 1.82 bits per heavy atom. The molecule has 1 aromatic carbocycles. The van der Waals surface area contributed by atoms with Crippen molar-refractivity contribution in [1.29, 1.82) is 0 Å².